The molecule has 0 aliphatic carbocycles. The van der Waals surface area contributed by atoms with Crippen LogP contribution in [0.3, 0.4) is 0 Å². The van der Waals surface area contributed by atoms with Gasteiger partial charge in [0.2, 0.25) is 0 Å². The zero-order valence-corrected chi connectivity index (χ0v) is 14.3. The topological polar surface area (TPSA) is 75.1 Å². The van der Waals surface area contributed by atoms with Crippen molar-refractivity contribution in [3.63, 3.8) is 0 Å². The number of carbonyl (C=O) groups is 1. The second kappa shape index (κ2) is 17.8. The first-order valence-electron chi connectivity index (χ1n) is 8.89. The summed E-state index contributed by atoms with van der Waals surface area (Å²) in [5.74, 6) is -0.0854. The molecule has 0 radical (unpaired) electrons. The van der Waals surface area contributed by atoms with Crippen LogP contribution >= 0.6 is 0 Å². The van der Waals surface area contributed by atoms with Crippen LogP contribution in [0.1, 0.15) is 89.9 Å². The van der Waals surface area contributed by atoms with Gasteiger partial charge < -0.3 is 4.74 Å². The highest BCUT2D eigenvalue weighted by Gasteiger charge is 1.99. The number of nitrogens with zero attached hydrogens (tertiary/aromatic N) is 3. The fourth-order valence-electron chi connectivity index (χ4n) is 2.54. The molecule has 0 rings (SSSR count). The van der Waals surface area contributed by atoms with E-state index in [0.29, 0.717) is 13.0 Å². The lowest BCUT2D eigenvalue weighted by molar-refractivity contribution is -0.140. The SMILES string of the molecule is COC(=O)CCCCCCCCCCCCCCCN=[N+]=[N-]. The van der Waals surface area contributed by atoms with Gasteiger partial charge in [0.15, 0.2) is 0 Å². The average Bonchev–Trinajstić information content (AvgIpc) is 2.54. The number of hydrogen-bond donors (Lipinski definition) is 0. The lowest BCUT2D eigenvalue weighted by Gasteiger charge is -2.03. The fraction of sp³-hybridized carbons (Fsp3) is 0.941. The smallest absolute Gasteiger partial charge is 0.305 e. The number of esters is 1. The summed E-state index contributed by atoms with van der Waals surface area (Å²) in [6, 6.07) is 0. The van der Waals surface area contributed by atoms with Crippen molar-refractivity contribution in [1.29, 1.82) is 0 Å². The molecule has 0 unspecified atom stereocenters. The normalized spacial score (nSPS) is 10.2. The Morgan fingerprint density at radius 1 is 0.818 bits per heavy atom. The number of ether oxygens (including phenoxy) is 1. The van der Waals surface area contributed by atoms with Crippen molar-refractivity contribution in [3.8, 4) is 0 Å². The quantitative estimate of drug-likeness (QED) is 0.116. The summed E-state index contributed by atoms with van der Waals surface area (Å²) in [6.07, 6.45) is 16.7. The van der Waals surface area contributed by atoms with Gasteiger partial charge in [-0.25, -0.2) is 0 Å². The van der Waals surface area contributed by atoms with Gasteiger partial charge in [-0.1, -0.05) is 75.7 Å². The Labute approximate surface area is 135 Å². The van der Waals surface area contributed by atoms with E-state index in [1.54, 1.807) is 0 Å². The van der Waals surface area contributed by atoms with Crippen molar-refractivity contribution in [2.45, 2.75) is 89.9 Å². The molecule has 0 spiro atoms. The largest absolute Gasteiger partial charge is 0.469 e. The molecule has 5 nitrogen and oxygen atoms in total. The van der Waals surface area contributed by atoms with E-state index in [1.807, 2.05) is 0 Å². The van der Waals surface area contributed by atoms with Gasteiger partial charge in [-0.05, 0) is 18.4 Å². The number of methoxy groups -OCH3 is 1. The summed E-state index contributed by atoms with van der Waals surface area (Å²) < 4.78 is 4.62. The van der Waals surface area contributed by atoms with Crippen molar-refractivity contribution in [1.82, 2.24) is 0 Å². The summed E-state index contributed by atoms with van der Waals surface area (Å²) in [4.78, 5) is 13.7. The molecule has 0 saturated carbocycles. The predicted molar refractivity (Wildman–Crippen MR) is 90.7 cm³/mol. The number of hydrogen-bond acceptors (Lipinski definition) is 3. The average molecular weight is 311 g/mol. The molecule has 22 heavy (non-hydrogen) atoms. The zero-order chi connectivity index (χ0) is 16.3. The van der Waals surface area contributed by atoms with E-state index in [0.717, 1.165) is 19.3 Å². The molecule has 5 heteroatoms. The van der Waals surface area contributed by atoms with Gasteiger partial charge in [-0.15, -0.1) is 0 Å². The summed E-state index contributed by atoms with van der Waals surface area (Å²) in [7, 11) is 1.45. The molecule has 0 saturated heterocycles. The van der Waals surface area contributed by atoms with Crippen LogP contribution in [0, 0.1) is 0 Å². The summed E-state index contributed by atoms with van der Waals surface area (Å²) in [5, 5.41) is 3.54. The molecule has 0 heterocycles. The van der Waals surface area contributed by atoms with Crippen molar-refractivity contribution >= 4 is 5.97 Å². The first kappa shape index (κ1) is 20.8. The Hall–Kier alpha value is -1.22. The monoisotopic (exact) mass is 311 g/mol. The summed E-state index contributed by atoms with van der Waals surface area (Å²) in [6.45, 7) is 0.649. The molecule has 0 aromatic heterocycles. The molecule has 0 amide bonds. The van der Waals surface area contributed by atoms with Crippen LogP contribution in [0.25, 0.3) is 10.4 Å². The maximum Gasteiger partial charge on any atom is 0.305 e. The maximum atomic E-state index is 10.9. The molecule has 0 aliphatic heterocycles. The van der Waals surface area contributed by atoms with Gasteiger partial charge in [0.05, 0.1) is 7.11 Å². The minimum absolute atomic E-state index is 0.0854. The Balaban J connectivity index is 3.02. The lowest BCUT2D eigenvalue weighted by Crippen LogP contribution is -1.99. The van der Waals surface area contributed by atoms with Gasteiger partial charge in [0.1, 0.15) is 0 Å². The van der Waals surface area contributed by atoms with Gasteiger partial charge in [-0.3, -0.25) is 4.79 Å². The van der Waals surface area contributed by atoms with Crippen LogP contribution in [-0.4, -0.2) is 19.6 Å². The third kappa shape index (κ3) is 16.8. The second-order valence-electron chi connectivity index (χ2n) is 5.88. The lowest BCUT2D eigenvalue weighted by atomic mass is 10.0. The Morgan fingerprint density at radius 2 is 1.23 bits per heavy atom. The van der Waals surface area contributed by atoms with Crippen molar-refractivity contribution in [2.75, 3.05) is 13.7 Å². The minimum atomic E-state index is -0.0854. The summed E-state index contributed by atoms with van der Waals surface area (Å²) >= 11 is 0. The minimum Gasteiger partial charge on any atom is -0.469 e. The van der Waals surface area contributed by atoms with E-state index in [1.165, 1.54) is 71.3 Å². The Bertz CT molecular complexity index is 302. The van der Waals surface area contributed by atoms with Gasteiger partial charge in [0.25, 0.3) is 0 Å². The van der Waals surface area contributed by atoms with Crippen LogP contribution in [0.2, 0.25) is 0 Å². The first-order chi connectivity index (χ1) is 10.8. The Kier molecular flexibility index (Phi) is 16.8. The molecule has 0 aromatic rings. The number of unbranched alkanes of at least 4 members (excludes halogenated alkanes) is 12. The van der Waals surface area contributed by atoms with Crippen molar-refractivity contribution < 1.29 is 9.53 Å². The molecular weight excluding hydrogens is 278 g/mol. The molecular formula is C17H33N3O2. The van der Waals surface area contributed by atoms with E-state index in [-0.39, 0.29) is 5.97 Å². The molecule has 0 fully saturated rings. The number of carbonyl (C=O) groups excluding carboxylic acids is 1. The van der Waals surface area contributed by atoms with E-state index < -0.39 is 0 Å². The van der Waals surface area contributed by atoms with Crippen LogP contribution in [0.4, 0.5) is 0 Å². The highest BCUT2D eigenvalue weighted by molar-refractivity contribution is 5.68. The summed E-state index contributed by atoms with van der Waals surface area (Å²) in [5.41, 5.74) is 8.14. The highest BCUT2D eigenvalue weighted by atomic mass is 16.5. The van der Waals surface area contributed by atoms with Gasteiger partial charge >= 0.3 is 5.97 Å². The molecule has 0 aromatic carbocycles. The van der Waals surface area contributed by atoms with Crippen LogP contribution < -0.4 is 0 Å². The van der Waals surface area contributed by atoms with E-state index in [2.05, 4.69) is 14.8 Å². The number of rotatable bonds is 16. The van der Waals surface area contributed by atoms with E-state index >= 15 is 0 Å². The molecule has 0 bridgehead atoms. The van der Waals surface area contributed by atoms with E-state index in [4.69, 9.17) is 5.53 Å². The third-order valence-corrected chi connectivity index (χ3v) is 3.93. The fourth-order valence-corrected chi connectivity index (χ4v) is 2.54. The molecule has 0 atom stereocenters. The predicted octanol–water partition coefficient (Wildman–Crippen LogP) is 5.93. The molecule has 0 N–H and O–H groups in total. The van der Waals surface area contributed by atoms with Crippen molar-refractivity contribution in [3.05, 3.63) is 10.4 Å². The van der Waals surface area contributed by atoms with Crippen LogP contribution in [0.5, 0.6) is 0 Å². The van der Waals surface area contributed by atoms with Crippen LogP contribution in [-0.2, 0) is 9.53 Å². The zero-order valence-electron chi connectivity index (χ0n) is 14.3. The van der Waals surface area contributed by atoms with Crippen LogP contribution in [0.15, 0.2) is 5.11 Å². The molecule has 0 aliphatic rings. The Morgan fingerprint density at radius 3 is 1.64 bits per heavy atom. The first-order valence-corrected chi connectivity index (χ1v) is 8.89. The molecule has 128 valence electrons. The maximum absolute atomic E-state index is 10.9. The van der Waals surface area contributed by atoms with Crippen molar-refractivity contribution in [2.24, 2.45) is 5.11 Å². The highest BCUT2D eigenvalue weighted by Crippen LogP contribution is 2.13. The second-order valence-corrected chi connectivity index (χ2v) is 5.88. The van der Waals surface area contributed by atoms with E-state index in [9.17, 15) is 4.79 Å². The van der Waals surface area contributed by atoms with Gasteiger partial charge in [-0.2, -0.15) is 0 Å². The van der Waals surface area contributed by atoms with Gasteiger partial charge in [0, 0.05) is 17.9 Å². The number of azide groups is 1. The third-order valence-electron chi connectivity index (χ3n) is 3.93. The standard InChI is InChI=1S/C17H33N3O2/c1-22-17(21)15-13-11-9-7-5-3-2-4-6-8-10-12-14-16-19-20-18/h2-16H2,1H3.